The number of rotatable bonds is 7. The number of carbonyl (C=O) groups is 2. The Kier molecular flexibility index (Phi) is 6.92. The van der Waals surface area contributed by atoms with E-state index in [4.69, 9.17) is 4.74 Å². The summed E-state index contributed by atoms with van der Waals surface area (Å²) in [5.74, 6) is -1.33. The van der Waals surface area contributed by atoms with Crippen molar-refractivity contribution in [3.05, 3.63) is 75.7 Å². The van der Waals surface area contributed by atoms with Crippen LogP contribution in [-0.2, 0) is 14.3 Å². The molecule has 0 bridgehead atoms. The number of nitrogens with zero attached hydrogens (tertiary/aromatic N) is 1. The number of thioether (sulfide) groups is 1. The van der Waals surface area contributed by atoms with E-state index >= 15 is 0 Å². The van der Waals surface area contributed by atoms with Crippen molar-refractivity contribution < 1.29 is 19.2 Å². The third-order valence-electron chi connectivity index (χ3n) is 3.21. The molecule has 2 aromatic rings. The fourth-order valence-corrected chi connectivity index (χ4v) is 2.65. The van der Waals surface area contributed by atoms with E-state index in [-0.39, 0.29) is 11.4 Å². The summed E-state index contributed by atoms with van der Waals surface area (Å²) in [6.45, 7) is 1.10. The predicted molar refractivity (Wildman–Crippen MR) is 98.9 cm³/mol. The van der Waals surface area contributed by atoms with Gasteiger partial charge in [-0.1, -0.05) is 42.1 Å². The minimum absolute atomic E-state index is 0.0914. The molecule has 0 saturated carbocycles. The van der Waals surface area contributed by atoms with Gasteiger partial charge in [0.05, 0.1) is 4.92 Å². The number of hydrogen-bond donors (Lipinski definition) is 1. The van der Waals surface area contributed by atoms with E-state index in [0.29, 0.717) is 5.56 Å². The van der Waals surface area contributed by atoms with Crippen molar-refractivity contribution in [2.75, 3.05) is 11.9 Å². The number of esters is 1. The van der Waals surface area contributed by atoms with Gasteiger partial charge in [-0.25, -0.2) is 4.79 Å². The molecular weight excluding hydrogens is 356 g/mol. The molecule has 0 saturated heterocycles. The maximum absolute atomic E-state index is 11.9. The first kappa shape index (κ1) is 19.2. The van der Waals surface area contributed by atoms with Gasteiger partial charge in [0, 0.05) is 17.0 Å². The number of benzene rings is 2. The average molecular weight is 372 g/mol. The van der Waals surface area contributed by atoms with Crippen LogP contribution in [0.2, 0.25) is 0 Å². The molecule has 0 heterocycles. The maximum atomic E-state index is 11.9. The van der Waals surface area contributed by atoms with E-state index in [1.54, 1.807) is 18.4 Å². The van der Waals surface area contributed by atoms with Gasteiger partial charge in [-0.3, -0.25) is 14.9 Å². The zero-order valence-corrected chi connectivity index (χ0v) is 14.7. The monoisotopic (exact) mass is 372 g/mol. The van der Waals surface area contributed by atoms with Gasteiger partial charge in [0.2, 0.25) is 0 Å². The quantitative estimate of drug-likeness (QED) is 0.262. The number of ether oxygens (including phenoxy) is 1. The number of carbonyl (C=O) groups excluding carboxylic acids is 2. The molecule has 0 aliphatic heterocycles. The Morgan fingerprint density at radius 2 is 1.92 bits per heavy atom. The van der Waals surface area contributed by atoms with Crippen molar-refractivity contribution in [3.8, 4) is 0 Å². The lowest BCUT2D eigenvalue weighted by atomic mass is 10.1. The van der Waals surface area contributed by atoms with Crippen LogP contribution in [0, 0.1) is 17.0 Å². The summed E-state index contributed by atoms with van der Waals surface area (Å²) < 4.78 is 4.83. The highest BCUT2D eigenvalue weighted by Gasteiger charge is 2.18. The van der Waals surface area contributed by atoms with Gasteiger partial charge in [0.25, 0.3) is 11.6 Å². The lowest BCUT2D eigenvalue weighted by Gasteiger charge is -2.08. The SMILES string of the molecule is Cc1cccc([N+](=O)[O-])c1NC(=O)COC(=O)/C=C/Sc1ccccc1. The van der Waals surface area contributed by atoms with Crippen LogP contribution in [-0.4, -0.2) is 23.4 Å². The fraction of sp³-hybridized carbons (Fsp3) is 0.111. The fourth-order valence-electron chi connectivity index (χ4n) is 1.99. The van der Waals surface area contributed by atoms with Crippen LogP contribution in [0.3, 0.4) is 0 Å². The van der Waals surface area contributed by atoms with Gasteiger partial charge >= 0.3 is 5.97 Å². The van der Waals surface area contributed by atoms with Crippen molar-refractivity contribution in [1.82, 2.24) is 0 Å². The molecule has 8 heteroatoms. The highest BCUT2D eigenvalue weighted by molar-refractivity contribution is 8.02. The summed E-state index contributed by atoms with van der Waals surface area (Å²) in [7, 11) is 0. The Balaban J connectivity index is 1.85. The number of nitro groups is 1. The van der Waals surface area contributed by atoms with Crippen molar-refractivity contribution in [1.29, 1.82) is 0 Å². The topological polar surface area (TPSA) is 98.5 Å². The standard InChI is InChI=1S/C18H16N2O5S/c1-13-6-5-9-15(20(23)24)18(13)19-16(21)12-25-17(22)10-11-26-14-7-3-2-4-8-14/h2-11H,12H2,1H3,(H,19,21)/b11-10+. The molecule has 0 radical (unpaired) electrons. The third-order valence-corrected chi connectivity index (χ3v) is 4.03. The summed E-state index contributed by atoms with van der Waals surface area (Å²) in [4.78, 5) is 34.9. The molecule has 2 rings (SSSR count). The summed E-state index contributed by atoms with van der Waals surface area (Å²) >= 11 is 1.34. The number of nitrogens with one attached hydrogen (secondary N) is 1. The molecule has 26 heavy (non-hydrogen) atoms. The number of amides is 1. The van der Waals surface area contributed by atoms with Crippen molar-refractivity contribution in [2.45, 2.75) is 11.8 Å². The normalized spacial score (nSPS) is 10.5. The Labute approximate surface area is 154 Å². The van der Waals surface area contributed by atoms with Crippen LogP contribution in [0.25, 0.3) is 0 Å². The zero-order valence-electron chi connectivity index (χ0n) is 13.9. The van der Waals surface area contributed by atoms with Crippen LogP contribution >= 0.6 is 11.8 Å². The second-order valence-electron chi connectivity index (χ2n) is 5.12. The molecule has 0 aliphatic rings. The van der Waals surface area contributed by atoms with Crippen molar-refractivity contribution in [2.24, 2.45) is 0 Å². The van der Waals surface area contributed by atoms with Gasteiger partial charge in [-0.2, -0.15) is 0 Å². The molecule has 0 fully saturated rings. The zero-order chi connectivity index (χ0) is 18.9. The first-order chi connectivity index (χ1) is 12.5. The van der Waals surface area contributed by atoms with Crippen LogP contribution < -0.4 is 5.32 Å². The summed E-state index contributed by atoms with van der Waals surface area (Å²) in [6, 6.07) is 13.9. The number of aryl methyl sites for hydroxylation is 1. The van der Waals surface area contributed by atoms with E-state index < -0.39 is 23.4 Å². The number of para-hydroxylation sites is 1. The van der Waals surface area contributed by atoms with E-state index in [1.165, 1.54) is 30.0 Å². The largest absolute Gasteiger partial charge is 0.452 e. The van der Waals surface area contributed by atoms with Gasteiger partial charge in [0.15, 0.2) is 6.61 Å². The number of anilines is 1. The highest BCUT2D eigenvalue weighted by Crippen LogP contribution is 2.27. The molecule has 2 aromatic carbocycles. The molecular formula is C18H16N2O5S. The average Bonchev–Trinajstić information content (AvgIpc) is 2.62. The molecule has 0 atom stereocenters. The predicted octanol–water partition coefficient (Wildman–Crippen LogP) is 3.69. The summed E-state index contributed by atoms with van der Waals surface area (Å²) in [5, 5.41) is 15.0. The molecule has 0 unspecified atom stereocenters. The lowest BCUT2D eigenvalue weighted by Crippen LogP contribution is -2.21. The van der Waals surface area contributed by atoms with Crippen molar-refractivity contribution in [3.63, 3.8) is 0 Å². The molecule has 0 aromatic heterocycles. The highest BCUT2D eigenvalue weighted by atomic mass is 32.2. The lowest BCUT2D eigenvalue weighted by molar-refractivity contribution is -0.384. The number of hydrogen-bond acceptors (Lipinski definition) is 6. The van der Waals surface area contributed by atoms with Crippen molar-refractivity contribution >= 4 is 35.0 Å². The Hall–Kier alpha value is -3.13. The van der Waals surface area contributed by atoms with Crippen LogP contribution in [0.5, 0.6) is 0 Å². The Bertz CT molecular complexity index is 837. The Morgan fingerprint density at radius 1 is 1.19 bits per heavy atom. The Morgan fingerprint density at radius 3 is 2.62 bits per heavy atom. The van der Waals surface area contributed by atoms with Gasteiger partial charge < -0.3 is 10.1 Å². The molecule has 0 aliphatic carbocycles. The van der Waals surface area contributed by atoms with Crippen LogP contribution in [0.4, 0.5) is 11.4 Å². The minimum Gasteiger partial charge on any atom is -0.452 e. The third kappa shape index (κ3) is 5.75. The molecule has 1 N–H and O–H groups in total. The van der Waals surface area contributed by atoms with E-state index in [9.17, 15) is 19.7 Å². The first-order valence-electron chi connectivity index (χ1n) is 7.56. The summed E-state index contributed by atoms with van der Waals surface area (Å²) in [6.07, 6.45) is 1.21. The minimum atomic E-state index is -0.678. The molecule has 7 nitrogen and oxygen atoms in total. The van der Waals surface area contributed by atoms with E-state index in [1.807, 2.05) is 30.3 Å². The number of nitro benzene ring substituents is 1. The molecule has 0 spiro atoms. The van der Waals surface area contributed by atoms with Crippen LogP contribution in [0.1, 0.15) is 5.56 Å². The van der Waals surface area contributed by atoms with E-state index in [0.717, 1.165) is 4.90 Å². The van der Waals surface area contributed by atoms with Gasteiger partial charge in [-0.05, 0) is 30.0 Å². The second-order valence-corrected chi connectivity index (χ2v) is 6.09. The van der Waals surface area contributed by atoms with Gasteiger partial charge in [-0.15, -0.1) is 0 Å². The first-order valence-corrected chi connectivity index (χ1v) is 8.44. The van der Waals surface area contributed by atoms with E-state index in [2.05, 4.69) is 5.32 Å². The van der Waals surface area contributed by atoms with Gasteiger partial charge in [0.1, 0.15) is 5.69 Å². The second kappa shape index (κ2) is 9.38. The molecule has 134 valence electrons. The maximum Gasteiger partial charge on any atom is 0.331 e. The van der Waals surface area contributed by atoms with Crippen LogP contribution in [0.15, 0.2) is 64.9 Å². The summed E-state index contributed by atoms with van der Waals surface area (Å²) in [5.41, 5.74) is 0.413. The molecule has 1 amide bonds. The smallest absolute Gasteiger partial charge is 0.331 e.